The zero-order valence-corrected chi connectivity index (χ0v) is 17.3. The summed E-state index contributed by atoms with van der Waals surface area (Å²) >= 11 is 3.09. The third-order valence-electron chi connectivity index (χ3n) is 3.88. The topological polar surface area (TPSA) is 110 Å². The summed E-state index contributed by atoms with van der Waals surface area (Å²) in [5, 5.41) is 2.37. The second kappa shape index (κ2) is 10.3. The molecule has 3 aromatic rings. The van der Waals surface area contributed by atoms with E-state index in [0.29, 0.717) is 10.4 Å². The number of carbonyl (C=O) groups excluding carboxylic acids is 3. The molecule has 0 spiro atoms. The van der Waals surface area contributed by atoms with Gasteiger partial charge in [0.05, 0.1) is 6.54 Å². The highest BCUT2D eigenvalue weighted by Gasteiger charge is 2.13. The molecule has 3 amide bonds. The van der Waals surface area contributed by atoms with Gasteiger partial charge in [0.25, 0.3) is 17.7 Å². The Bertz CT molecular complexity index is 1040. The van der Waals surface area contributed by atoms with Crippen molar-refractivity contribution in [3.8, 4) is 16.9 Å². The number of benzene rings is 2. The molecule has 0 atom stereocenters. The van der Waals surface area contributed by atoms with Crippen LogP contribution in [0.3, 0.4) is 0 Å². The van der Waals surface area contributed by atoms with E-state index in [0.717, 1.165) is 11.1 Å². The molecule has 9 heteroatoms. The Morgan fingerprint density at radius 3 is 2.30 bits per heavy atom. The van der Waals surface area contributed by atoms with E-state index in [1.807, 2.05) is 48.5 Å². The molecule has 0 radical (unpaired) electrons. The van der Waals surface area contributed by atoms with Crippen LogP contribution in [0, 0.1) is 0 Å². The molecule has 8 nitrogen and oxygen atoms in total. The molecule has 3 N–H and O–H groups in total. The molecule has 0 aliphatic carbocycles. The van der Waals surface area contributed by atoms with Crippen LogP contribution in [-0.2, 0) is 9.59 Å². The summed E-state index contributed by atoms with van der Waals surface area (Å²) in [4.78, 5) is 35.5. The number of rotatable bonds is 7. The van der Waals surface area contributed by atoms with Gasteiger partial charge in [-0.05, 0) is 39.7 Å². The molecule has 0 aliphatic rings. The van der Waals surface area contributed by atoms with Crippen molar-refractivity contribution in [3.05, 3.63) is 77.2 Å². The summed E-state index contributed by atoms with van der Waals surface area (Å²) in [5.41, 5.74) is 6.25. The SMILES string of the molecule is O=C(CNC(=O)c1ccc(Br)o1)NNC(=O)COc1ccccc1-c1ccccc1. The van der Waals surface area contributed by atoms with Gasteiger partial charge in [-0.15, -0.1) is 0 Å². The van der Waals surface area contributed by atoms with Crippen molar-refractivity contribution in [2.75, 3.05) is 13.2 Å². The van der Waals surface area contributed by atoms with Crippen LogP contribution in [0.25, 0.3) is 11.1 Å². The number of halogens is 1. The van der Waals surface area contributed by atoms with E-state index < -0.39 is 17.7 Å². The summed E-state index contributed by atoms with van der Waals surface area (Å²) in [6.45, 7) is -0.633. The van der Waals surface area contributed by atoms with Crippen molar-refractivity contribution in [2.45, 2.75) is 0 Å². The van der Waals surface area contributed by atoms with Gasteiger partial charge in [0, 0.05) is 5.56 Å². The maximum Gasteiger partial charge on any atom is 0.287 e. The zero-order valence-electron chi connectivity index (χ0n) is 15.7. The van der Waals surface area contributed by atoms with Gasteiger partial charge in [-0.1, -0.05) is 48.5 Å². The van der Waals surface area contributed by atoms with Gasteiger partial charge in [-0.3, -0.25) is 25.2 Å². The normalized spacial score (nSPS) is 10.2. The van der Waals surface area contributed by atoms with Crippen LogP contribution in [-0.4, -0.2) is 30.9 Å². The molecular formula is C21H18BrN3O5. The Balaban J connectivity index is 1.43. The predicted octanol–water partition coefficient (Wildman–Crippen LogP) is 2.67. The Labute approximate surface area is 180 Å². The first-order valence-electron chi connectivity index (χ1n) is 8.91. The van der Waals surface area contributed by atoms with Crippen molar-refractivity contribution in [2.24, 2.45) is 0 Å². The predicted molar refractivity (Wildman–Crippen MR) is 112 cm³/mol. The first-order valence-corrected chi connectivity index (χ1v) is 9.70. The third kappa shape index (κ3) is 5.95. The molecule has 0 saturated carbocycles. The van der Waals surface area contributed by atoms with Gasteiger partial charge in [-0.2, -0.15) is 0 Å². The summed E-state index contributed by atoms with van der Waals surface area (Å²) < 4.78 is 11.1. The van der Waals surface area contributed by atoms with Crippen LogP contribution in [0.4, 0.5) is 0 Å². The minimum Gasteiger partial charge on any atom is -0.483 e. The second-order valence-electron chi connectivity index (χ2n) is 6.03. The van der Waals surface area contributed by atoms with E-state index in [1.165, 1.54) is 6.07 Å². The monoisotopic (exact) mass is 471 g/mol. The lowest BCUT2D eigenvalue weighted by Crippen LogP contribution is -2.47. The maximum atomic E-state index is 12.0. The lowest BCUT2D eigenvalue weighted by Gasteiger charge is -2.12. The number of para-hydroxylation sites is 1. The molecule has 0 saturated heterocycles. The maximum absolute atomic E-state index is 12.0. The van der Waals surface area contributed by atoms with Crippen molar-refractivity contribution < 1.29 is 23.5 Å². The zero-order chi connectivity index (χ0) is 21.3. The van der Waals surface area contributed by atoms with Gasteiger partial charge in [0.15, 0.2) is 17.0 Å². The molecule has 0 bridgehead atoms. The fourth-order valence-corrected chi connectivity index (χ4v) is 2.80. The second-order valence-corrected chi connectivity index (χ2v) is 6.82. The van der Waals surface area contributed by atoms with E-state index in [2.05, 4.69) is 32.1 Å². The van der Waals surface area contributed by atoms with Crippen LogP contribution in [0.5, 0.6) is 5.75 Å². The Morgan fingerprint density at radius 2 is 1.57 bits per heavy atom. The molecule has 3 rings (SSSR count). The Kier molecular flexibility index (Phi) is 7.23. The number of hydrazine groups is 1. The average molecular weight is 472 g/mol. The van der Waals surface area contributed by atoms with Gasteiger partial charge in [0.1, 0.15) is 5.75 Å². The first kappa shape index (κ1) is 21.1. The van der Waals surface area contributed by atoms with E-state index in [4.69, 9.17) is 9.15 Å². The molecule has 2 aromatic carbocycles. The number of amides is 3. The summed E-state index contributed by atoms with van der Waals surface area (Å²) in [7, 11) is 0. The van der Waals surface area contributed by atoms with Crippen LogP contribution >= 0.6 is 15.9 Å². The number of hydrogen-bond donors (Lipinski definition) is 3. The molecule has 1 heterocycles. The molecule has 1 aromatic heterocycles. The highest BCUT2D eigenvalue weighted by molar-refractivity contribution is 9.10. The lowest BCUT2D eigenvalue weighted by atomic mass is 10.1. The number of carbonyl (C=O) groups is 3. The standard InChI is InChI=1S/C21H18BrN3O5/c22-18-11-10-17(30-18)21(28)23-12-19(26)24-25-20(27)13-29-16-9-5-4-8-15(16)14-6-2-1-3-7-14/h1-11H,12-13H2,(H,23,28)(H,24,26)(H,25,27). The molecule has 30 heavy (non-hydrogen) atoms. The van der Waals surface area contributed by atoms with Gasteiger partial charge >= 0.3 is 0 Å². The van der Waals surface area contributed by atoms with Gasteiger partial charge in [-0.25, -0.2) is 0 Å². The van der Waals surface area contributed by atoms with Crippen LogP contribution in [0.2, 0.25) is 0 Å². The van der Waals surface area contributed by atoms with Crippen LogP contribution in [0.1, 0.15) is 10.6 Å². The van der Waals surface area contributed by atoms with Crippen molar-refractivity contribution in [1.82, 2.24) is 16.2 Å². The minimum atomic E-state index is -0.605. The summed E-state index contributed by atoms with van der Waals surface area (Å²) in [6, 6.07) is 20.0. The van der Waals surface area contributed by atoms with E-state index in [-0.39, 0.29) is 18.9 Å². The van der Waals surface area contributed by atoms with Crippen LogP contribution < -0.4 is 20.9 Å². The Morgan fingerprint density at radius 1 is 0.867 bits per heavy atom. The lowest BCUT2D eigenvalue weighted by molar-refractivity contribution is -0.129. The van der Waals surface area contributed by atoms with Gasteiger partial charge < -0.3 is 14.5 Å². The van der Waals surface area contributed by atoms with Crippen molar-refractivity contribution in [3.63, 3.8) is 0 Å². The van der Waals surface area contributed by atoms with Crippen LogP contribution in [0.15, 0.2) is 75.8 Å². The van der Waals surface area contributed by atoms with Crippen molar-refractivity contribution >= 4 is 33.7 Å². The molecule has 154 valence electrons. The van der Waals surface area contributed by atoms with E-state index >= 15 is 0 Å². The highest BCUT2D eigenvalue weighted by atomic mass is 79.9. The molecule has 0 unspecified atom stereocenters. The number of furan rings is 1. The molecular weight excluding hydrogens is 454 g/mol. The average Bonchev–Trinajstić information content (AvgIpc) is 3.21. The summed E-state index contributed by atoms with van der Waals surface area (Å²) in [6.07, 6.45) is 0. The number of hydrogen-bond acceptors (Lipinski definition) is 5. The fourth-order valence-electron chi connectivity index (χ4n) is 2.50. The van der Waals surface area contributed by atoms with E-state index in [1.54, 1.807) is 12.1 Å². The highest BCUT2D eigenvalue weighted by Crippen LogP contribution is 2.29. The third-order valence-corrected chi connectivity index (χ3v) is 4.30. The first-order chi connectivity index (χ1) is 14.5. The fraction of sp³-hybridized carbons (Fsp3) is 0.0952. The van der Waals surface area contributed by atoms with Crippen molar-refractivity contribution in [1.29, 1.82) is 0 Å². The summed E-state index contributed by atoms with van der Waals surface area (Å²) in [5.74, 6) is -1.10. The minimum absolute atomic E-state index is 0.0594. The smallest absolute Gasteiger partial charge is 0.287 e. The molecule has 0 fully saturated rings. The number of ether oxygens (including phenoxy) is 1. The van der Waals surface area contributed by atoms with E-state index in [9.17, 15) is 14.4 Å². The molecule has 0 aliphatic heterocycles. The largest absolute Gasteiger partial charge is 0.483 e. The number of nitrogens with one attached hydrogen (secondary N) is 3. The quantitative estimate of drug-likeness (QED) is 0.458. The Hall–Kier alpha value is -3.59. The van der Waals surface area contributed by atoms with Gasteiger partial charge in [0.2, 0.25) is 0 Å².